The number of hydrogen-bond donors (Lipinski definition) is 4. The van der Waals surface area contributed by atoms with E-state index in [-0.39, 0.29) is 6.54 Å². The van der Waals surface area contributed by atoms with E-state index in [4.69, 9.17) is 17.0 Å². The SMILES string of the molecule is CCCCNC(=S)NNC(=O)CNC(=O)OC(C)(C)C. The van der Waals surface area contributed by atoms with Crippen LogP contribution >= 0.6 is 12.2 Å². The van der Waals surface area contributed by atoms with Gasteiger partial charge in [-0.15, -0.1) is 0 Å². The number of unbranched alkanes of at least 4 members (excludes halogenated alkanes) is 1. The smallest absolute Gasteiger partial charge is 0.408 e. The highest BCUT2D eigenvalue weighted by Gasteiger charge is 2.16. The zero-order valence-corrected chi connectivity index (χ0v) is 13.3. The molecule has 0 radical (unpaired) electrons. The van der Waals surface area contributed by atoms with E-state index in [2.05, 4.69) is 28.4 Å². The summed E-state index contributed by atoms with van der Waals surface area (Å²) in [7, 11) is 0. The molecular weight excluding hydrogens is 280 g/mol. The molecule has 0 rings (SSSR count). The third-order valence-electron chi connectivity index (χ3n) is 1.92. The number of hydrazine groups is 1. The van der Waals surface area contributed by atoms with E-state index >= 15 is 0 Å². The van der Waals surface area contributed by atoms with Gasteiger partial charge in [0.2, 0.25) is 0 Å². The second-order valence-electron chi connectivity index (χ2n) is 5.14. The van der Waals surface area contributed by atoms with E-state index < -0.39 is 17.6 Å². The van der Waals surface area contributed by atoms with Crippen molar-refractivity contribution >= 4 is 29.3 Å². The lowest BCUT2D eigenvalue weighted by atomic mass is 10.2. The molecule has 7 nitrogen and oxygen atoms in total. The predicted octanol–water partition coefficient (Wildman–Crippen LogP) is 0.806. The zero-order valence-electron chi connectivity index (χ0n) is 12.5. The molecule has 0 aromatic carbocycles. The van der Waals surface area contributed by atoms with Gasteiger partial charge in [-0.25, -0.2) is 4.79 Å². The number of rotatable bonds is 5. The van der Waals surface area contributed by atoms with E-state index in [0.717, 1.165) is 19.4 Å². The van der Waals surface area contributed by atoms with Gasteiger partial charge >= 0.3 is 6.09 Å². The first kappa shape index (κ1) is 18.4. The molecule has 0 unspecified atom stereocenters. The Morgan fingerprint density at radius 1 is 1.15 bits per heavy atom. The number of carbonyl (C=O) groups excluding carboxylic acids is 2. The average molecular weight is 304 g/mol. The van der Waals surface area contributed by atoms with Gasteiger partial charge in [0.05, 0.1) is 0 Å². The minimum absolute atomic E-state index is 0.195. The fourth-order valence-electron chi connectivity index (χ4n) is 1.06. The van der Waals surface area contributed by atoms with Crippen molar-refractivity contribution in [3.63, 3.8) is 0 Å². The molecule has 2 amide bonds. The predicted molar refractivity (Wildman–Crippen MR) is 81.0 cm³/mol. The number of ether oxygens (including phenoxy) is 1. The fraction of sp³-hybridized carbons (Fsp3) is 0.750. The Morgan fingerprint density at radius 2 is 1.80 bits per heavy atom. The molecule has 0 aliphatic rings. The van der Waals surface area contributed by atoms with Gasteiger partial charge in [0.15, 0.2) is 5.11 Å². The fourth-order valence-corrected chi connectivity index (χ4v) is 1.21. The molecule has 20 heavy (non-hydrogen) atoms. The van der Waals surface area contributed by atoms with Crippen LogP contribution in [0.1, 0.15) is 40.5 Å². The largest absolute Gasteiger partial charge is 0.444 e. The highest BCUT2D eigenvalue weighted by Crippen LogP contribution is 2.05. The molecule has 0 heterocycles. The van der Waals surface area contributed by atoms with Gasteiger partial charge in [-0.2, -0.15) is 0 Å². The second-order valence-corrected chi connectivity index (χ2v) is 5.55. The molecule has 0 fully saturated rings. The van der Waals surface area contributed by atoms with E-state index in [0.29, 0.717) is 5.11 Å². The lowest BCUT2D eigenvalue weighted by Crippen LogP contribution is -2.50. The van der Waals surface area contributed by atoms with Crippen LogP contribution in [0.5, 0.6) is 0 Å². The third-order valence-corrected chi connectivity index (χ3v) is 2.17. The van der Waals surface area contributed by atoms with Gasteiger partial charge in [-0.3, -0.25) is 15.6 Å². The Kier molecular flexibility index (Phi) is 8.62. The van der Waals surface area contributed by atoms with Gasteiger partial charge in [0.25, 0.3) is 5.91 Å². The molecular formula is C12H24N4O3S. The van der Waals surface area contributed by atoms with Crippen LogP contribution in [0.4, 0.5) is 4.79 Å². The Labute approximate surface area is 125 Å². The van der Waals surface area contributed by atoms with Gasteiger partial charge < -0.3 is 15.4 Å². The molecule has 0 saturated carbocycles. The van der Waals surface area contributed by atoms with Crippen LogP contribution in [0.25, 0.3) is 0 Å². The van der Waals surface area contributed by atoms with Crippen molar-refractivity contribution in [3.8, 4) is 0 Å². The quantitative estimate of drug-likeness (QED) is 0.341. The molecule has 0 aromatic heterocycles. The molecule has 8 heteroatoms. The molecule has 0 aliphatic carbocycles. The molecule has 0 saturated heterocycles. The van der Waals surface area contributed by atoms with E-state index in [1.54, 1.807) is 20.8 Å². The number of alkyl carbamates (subject to hydrolysis) is 1. The molecule has 0 spiro atoms. The van der Waals surface area contributed by atoms with Crippen molar-refractivity contribution in [3.05, 3.63) is 0 Å². The van der Waals surface area contributed by atoms with Crippen molar-refractivity contribution < 1.29 is 14.3 Å². The van der Waals surface area contributed by atoms with E-state index in [1.807, 2.05) is 0 Å². The van der Waals surface area contributed by atoms with Crippen molar-refractivity contribution in [2.75, 3.05) is 13.1 Å². The number of hydrogen-bond acceptors (Lipinski definition) is 4. The summed E-state index contributed by atoms with van der Waals surface area (Å²) in [5.41, 5.74) is 4.31. The molecule has 0 atom stereocenters. The maximum absolute atomic E-state index is 11.4. The summed E-state index contributed by atoms with van der Waals surface area (Å²) in [6.07, 6.45) is 1.41. The Hall–Kier alpha value is -1.57. The molecule has 0 bridgehead atoms. The zero-order chi connectivity index (χ0) is 15.6. The summed E-state index contributed by atoms with van der Waals surface area (Å²) in [5.74, 6) is -0.421. The normalized spacial score (nSPS) is 10.4. The molecule has 0 aromatic rings. The van der Waals surface area contributed by atoms with Crippen LogP contribution in [-0.4, -0.2) is 35.8 Å². The van der Waals surface area contributed by atoms with Gasteiger partial charge in [0.1, 0.15) is 12.1 Å². The topological polar surface area (TPSA) is 91.5 Å². The van der Waals surface area contributed by atoms with E-state index in [1.165, 1.54) is 0 Å². The maximum Gasteiger partial charge on any atom is 0.408 e. The van der Waals surface area contributed by atoms with Crippen LogP contribution in [0.3, 0.4) is 0 Å². The molecule has 4 N–H and O–H groups in total. The highest BCUT2D eigenvalue weighted by molar-refractivity contribution is 7.80. The third kappa shape index (κ3) is 11.5. The first-order valence-electron chi connectivity index (χ1n) is 6.54. The molecule has 116 valence electrons. The van der Waals surface area contributed by atoms with Crippen LogP contribution in [-0.2, 0) is 9.53 Å². The summed E-state index contributed by atoms with van der Waals surface area (Å²) in [4.78, 5) is 22.7. The van der Waals surface area contributed by atoms with Gasteiger partial charge in [-0.05, 0) is 39.4 Å². The van der Waals surface area contributed by atoms with Gasteiger partial charge in [-0.1, -0.05) is 13.3 Å². The minimum atomic E-state index is -0.642. The van der Waals surface area contributed by atoms with Gasteiger partial charge in [0, 0.05) is 6.54 Å². The van der Waals surface area contributed by atoms with Crippen LogP contribution in [0.2, 0.25) is 0 Å². The maximum atomic E-state index is 11.4. The summed E-state index contributed by atoms with van der Waals surface area (Å²) >= 11 is 4.94. The Morgan fingerprint density at radius 3 is 2.35 bits per heavy atom. The summed E-state index contributed by atoms with van der Waals surface area (Å²) < 4.78 is 4.99. The standard InChI is InChI=1S/C12H24N4O3S/c1-5-6-7-13-10(20)16-15-9(17)8-14-11(18)19-12(2,3)4/h5-8H2,1-4H3,(H,14,18)(H,15,17)(H2,13,16,20). The van der Waals surface area contributed by atoms with Crippen molar-refractivity contribution in [1.29, 1.82) is 0 Å². The Bertz CT molecular complexity index is 342. The number of thiocarbonyl (C=S) groups is 1. The Balaban J connectivity index is 3.73. The number of carbonyl (C=O) groups is 2. The van der Waals surface area contributed by atoms with Crippen LogP contribution < -0.4 is 21.5 Å². The summed E-state index contributed by atoms with van der Waals surface area (Å²) in [5, 5.41) is 5.60. The average Bonchev–Trinajstić information content (AvgIpc) is 2.32. The number of nitrogens with one attached hydrogen (secondary N) is 4. The highest BCUT2D eigenvalue weighted by atomic mass is 32.1. The van der Waals surface area contributed by atoms with Crippen LogP contribution in [0, 0.1) is 0 Å². The van der Waals surface area contributed by atoms with Crippen molar-refractivity contribution in [2.45, 2.75) is 46.1 Å². The minimum Gasteiger partial charge on any atom is -0.444 e. The lowest BCUT2D eigenvalue weighted by Gasteiger charge is -2.19. The van der Waals surface area contributed by atoms with Crippen molar-refractivity contribution in [2.24, 2.45) is 0 Å². The molecule has 0 aliphatic heterocycles. The first-order chi connectivity index (χ1) is 9.24. The first-order valence-corrected chi connectivity index (χ1v) is 6.95. The lowest BCUT2D eigenvalue weighted by molar-refractivity contribution is -0.120. The monoisotopic (exact) mass is 304 g/mol. The summed E-state index contributed by atoms with van der Waals surface area (Å²) in [6.45, 7) is 7.86. The van der Waals surface area contributed by atoms with Crippen LogP contribution in [0.15, 0.2) is 0 Å². The summed E-state index contributed by atoms with van der Waals surface area (Å²) in [6, 6.07) is 0. The second kappa shape index (κ2) is 9.35. The van der Waals surface area contributed by atoms with E-state index in [9.17, 15) is 9.59 Å². The van der Waals surface area contributed by atoms with Crippen molar-refractivity contribution in [1.82, 2.24) is 21.5 Å². The number of amides is 2.